The Morgan fingerprint density at radius 3 is 2.53 bits per heavy atom. The smallest absolute Gasteiger partial charge is 0.0832 e. The van der Waals surface area contributed by atoms with E-state index in [0.717, 1.165) is 19.6 Å². The highest BCUT2D eigenvalue weighted by molar-refractivity contribution is 5.15. The zero-order valence-corrected chi connectivity index (χ0v) is 10.0. The van der Waals surface area contributed by atoms with Gasteiger partial charge in [0.15, 0.2) is 0 Å². The molecule has 1 saturated heterocycles. The number of hydrogen-bond donors (Lipinski definition) is 2. The number of nitrogens with one attached hydrogen (secondary N) is 1. The lowest BCUT2D eigenvalue weighted by Gasteiger charge is -2.30. The molecule has 2 atom stereocenters. The van der Waals surface area contributed by atoms with Crippen LogP contribution in [0.1, 0.15) is 18.4 Å². The first-order chi connectivity index (χ1) is 8.34. The van der Waals surface area contributed by atoms with E-state index in [9.17, 15) is 5.11 Å². The standard InChI is InChI=1S/C14H20N2O/c17-14-9-15-8-13(14)16(12-6-7-12)10-11-4-2-1-3-5-11/h1-5,12-15,17H,6-10H2. The lowest BCUT2D eigenvalue weighted by atomic mass is 10.1. The minimum absolute atomic E-state index is 0.209. The first-order valence-corrected chi connectivity index (χ1v) is 6.53. The largest absolute Gasteiger partial charge is 0.390 e. The van der Waals surface area contributed by atoms with Crippen LogP contribution in [0.25, 0.3) is 0 Å². The SMILES string of the molecule is OC1CNCC1N(Cc1ccccc1)C1CC1. The van der Waals surface area contributed by atoms with Gasteiger partial charge >= 0.3 is 0 Å². The Bertz CT molecular complexity index is 364. The number of β-amino-alcohol motifs (C(OH)–C–C–N with tert-alkyl or cyclic N) is 1. The zero-order valence-electron chi connectivity index (χ0n) is 10.0. The van der Waals surface area contributed by atoms with Crippen LogP contribution in [0.4, 0.5) is 0 Å². The Hall–Kier alpha value is -0.900. The quantitative estimate of drug-likeness (QED) is 0.812. The van der Waals surface area contributed by atoms with Crippen LogP contribution in [0.15, 0.2) is 30.3 Å². The molecule has 1 aliphatic heterocycles. The fourth-order valence-corrected chi connectivity index (χ4v) is 2.71. The molecule has 3 nitrogen and oxygen atoms in total. The van der Waals surface area contributed by atoms with E-state index in [1.807, 2.05) is 0 Å². The van der Waals surface area contributed by atoms with Gasteiger partial charge in [-0.05, 0) is 18.4 Å². The maximum atomic E-state index is 10.0. The Labute approximate surface area is 102 Å². The van der Waals surface area contributed by atoms with Gasteiger partial charge in [0, 0.05) is 31.7 Å². The summed E-state index contributed by atoms with van der Waals surface area (Å²) in [5.74, 6) is 0. The predicted molar refractivity (Wildman–Crippen MR) is 67.7 cm³/mol. The molecule has 1 saturated carbocycles. The highest BCUT2D eigenvalue weighted by Gasteiger charge is 2.38. The number of aliphatic hydroxyl groups is 1. The van der Waals surface area contributed by atoms with Crippen LogP contribution in [0.3, 0.4) is 0 Å². The third-order valence-corrected chi connectivity index (χ3v) is 3.80. The molecule has 1 heterocycles. The molecule has 2 unspecified atom stereocenters. The Balaban J connectivity index is 1.72. The maximum Gasteiger partial charge on any atom is 0.0832 e. The molecule has 92 valence electrons. The van der Waals surface area contributed by atoms with Crippen molar-refractivity contribution in [3.05, 3.63) is 35.9 Å². The Morgan fingerprint density at radius 2 is 1.94 bits per heavy atom. The molecule has 0 amide bonds. The van der Waals surface area contributed by atoms with E-state index in [4.69, 9.17) is 0 Å². The maximum absolute atomic E-state index is 10.0. The summed E-state index contributed by atoms with van der Waals surface area (Å²) in [4.78, 5) is 2.49. The summed E-state index contributed by atoms with van der Waals surface area (Å²) >= 11 is 0. The molecule has 17 heavy (non-hydrogen) atoms. The second kappa shape index (κ2) is 4.77. The first kappa shape index (κ1) is 11.2. The van der Waals surface area contributed by atoms with Crippen molar-refractivity contribution in [3.8, 4) is 0 Å². The summed E-state index contributed by atoms with van der Waals surface area (Å²) in [6.45, 7) is 2.63. The molecule has 2 N–H and O–H groups in total. The van der Waals surface area contributed by atoms with Gasteiger partial charge in [-0.3, -0.25) is 4.90 Å². The van der Waals surface area contributed by atoms with E-state index >= 15 is 0 Å². The molecule has 1 aromatic carbocycles. The number of aliphatic hydroxyl groups excluding tert-OH is 1. The van der Waals surface area contributed by atoms with E-state index in [1.54, 1.807) is 0 Å². The molecule has 3 rings (SSSR count). The topological polar surface area (TPSA) is 35.5 Å². The van der Waals surface area contributed by atoms with Crippen molar-refractivity contribution < 1.29 is 5.11 Å². The monoisotopic (exact) mass is 232 g/mol. The zero-order chi connectivity index (χ0) is 11.7. The van der Waals surface area contributed by atoms with Crippen LogP contribution in [0.2, 0.25) is 0 Å². The first-order valence-electron chi connectivity index (χ1n) is 6.53. The second-order valence-electron chi connectivity index (χ2n) is 5.18. The van der Waals surface area contributed by atoms with E-state index in [-0.39, 0.29) is 6.10 Å². The highest BCUT2D eigenvalue weighted by Crippen LogP contribution is 2.31. The summed E-state index contributed by atoms with van der Waals surface area (Å²) in [6.07, 6.45) is 2.37. The molecule has 1 aromatic rings. The van der Waals surface area contributed by atoms with Gasteiger partial charge in [0.2, 0.25) is 0 Å². The molecular formula is C14H20N2O. The molecule has 3 heteroatoms. The highest BCUT2D eigenvalue weighted by atomic mass is 16.3. The van der Waals surface area contributed by atoms with Crippen LogP contribution in [0.5, 0.6) is 0 Å². The molecular weight excluding hydrogens is 212 g/mol. The van der Waals surface area contributed by atoms with Crippen molar-refractivity contribution in [2.24, 2.45) is 0 Å². The predicted octanol–water partition coefficient (Wildman–Crippen LogP) is 0.984. The summed E-state index contributed by atoms with van der Waals surface area (Å²) < 4.78 is 0. The minimum atomic E-state index is -0.209. The second-order valence-corrected chi connectivity index (χ2v) is 5.18. The van der Waals surface area contributed by atoms with Crippen molar-refractivity contribution in [2.45, 2.75) is 37.6 Å². The van der Waals surface area contributed by atoms with Crippen LogP contribution < -0.4 is 5.32 Å². The average Bonchev–Trinajstić information content (AvgIpc) is 3.11. The molecule has 2 fully saturated rings. The molecule has 0 spiro atoms. The Morgan fingerprint density at radius 1 is 1.18 bits per heavy atom. The van der Waals surface area contributed by atoms with Crippen molar-refractivity contribution >= 4 is 0 Å². The van der Waals surface area contributed by atoms with Gasteiger partial charge in [-0.15, -0.1) is 0 Å². The van der Waals surface area contributed by atoms with Gasteiger partial charge in [-0.25, -0.2) is 0 Å². The Kier molecular flexibility index (Phi) is 3.14. The lowest BCUT2D eigenvalue weighted by Crippen LogP contribution is -2.44. The summed E-state index contributed by atoms with van der Waals surface area (Å²) in [5, 5.41) is 13.3. The van der Waals surface area contributed by atoms with Crippen molar-refractivity contribution in [1.29, 1.82) is 0 Å². The van der Waals surface area contributed by atoms with Crippen LogP contribution in [-0.4, -0.2) is 41.3 Å². The number of rotatable bonds is 4. The van der Waals surface area contributed by atoms with E-state index in [1.165, 1.54) is 18.4 Å². The van der Waals surface area contributed by atoms with Gasteiger partial charge in [0.25, 0.3) is 0 Å². The molecule has 0 radical (unpaired) electrons. The number of hydrogen-bond acceptors (Lipinski definition) is 3. The van der Waals surface area contributed by atoms with Crippen LogP contribution >= 0.6 is 0 Å². The van der Waals surface area contributed by atoms with Gasteiger partial charge in [-0.1, -0.05) is 30.3 Å². The lowest BCUT2D eigenvalue weighted by molar-refractivity contribution is 0.0726. The van der Waals surface area contributed by atoms with Crippen molar-refractivity contribution in [1.82, 2.24) is 10.2 Å². The van der Waals surface area contributed by atoms with Crippen LogP contribution in [0, 0.1) is 0 Å². The van der Waals surface area contributed by atoms with Crippen molar-refractivity contribution in [2.75, 3.05) is 13.1 Å². The minimum Gasteiger partial charge on any atom is -0.390 e. The fraction of sp³-hybridized carbons (Fsp3) is 0.571. The normalized spacial score (nSPS) is 28.8. The van der Waals surface area contributed by atoms with E-state index < -0.39 is 0 Å². The van der Waals surface area contributed by atoms with Gasteiger partial charge < -0.3 is 10.4 Å². The van der Waals surface area contributed by atoms with Gasteiger partial charge in [0.05, 0.1) is 6.10 Å². The molecule has 0 bridgehead atoms. The fourth-order valence-electron chi connectivity index (χ4n) is 2.71. The summed E-state index contributed by atoms with van der Waals surface area (Å²) in [5.41, 5.74) is 1.35. The average molecular weight is 232 g/mol. The van der Waals surface area contributed by atoms with Crippen molar-refractivity contribution in [3.63, 3.8) is 0 Å². The third kappa shape index (κ3) is 2.51. The van der Waals surface area contributed by atoms with Crippen LogP contribution in [-0.2, 0) is 6.54 Å². The van der Waals surface area contributed by atoms with E-state index in [0.29, 0.717) is 12.1 Å². The summed E-state index contributed by atoms with van der Waals surface area (Å²) in [7, 11) is 0. The molecule has 1 aliphatic carbocycles. The third-order valence-electron chi connectivity index (χ3n) is 3.80. The molecule has 0 aromatic heterocycles. The van der Waals surface area contributed by atoms with Gasteiger partial charge in [-0.2, -0.15) is 0 Å². The number of benzene rings is 1. The van der Waals surface area contributed by atoms with Gasteiger partial charge in [0.1, 0.15) is 0 Å². The number of nitrogens with zero attached hydrogens (tertiary/aromatic N) is 1. The van der Waals surface area contributed by atoms with E-state index in [2.05, 4.69) is 40.5 Å². The summed E-state index contributed by atoms with van der Waals surface area (Å²) in [6, 6.07) is 11.6. The molecule has 2 aliphatic rings.